The fourth-order valence-corrected chi connectivity index (χ4v) is 5.08. The molecule has 2 amide bonds. The third-order valence-electron chi connectivity index (χ3n) is 7.19. The third-order valence-corrected chi connectivity index (χ3v) is 7.19. The first-order valence-electron chi connectivity index (χ1n) is 14.1. The van der Waals surface area contributed by atoms with Gasteiger partial charge in [-0.15, -0.1) is 0 Å². The number of nitrogens with zero attached hydrogens (tertiary/aromatic N) is 3. The molecular formula is C31H39N5O6. The van der Waals surface area contributed by atoms with Crippen molar-refractivity contribution in [1.82, 2.24) is 14.9 Å². The van der Waals surface area contributed by atoms with Gasteiger partial charge in [0, 0.05) is 49.3 Å². The summed E-state index contributed by atoms with van der Waals surface area (Å²) in [5.41, 5.74) is 8.83. The van der Waals surface area contributed by atoms with E-state index in [0.717, 1.165) is 24.1 Å². The molecule has 1 aromatic carbocycles. The summed E-state index contributed by atoms with van der Waals surface area (Å²) in [7, 11) is 1.88. The molecule has 0 radical (unpaired) electrons. The lowest BCUT2D eigenvalue weighted by atomic mass is 9.92. The smallest absolute Gasteiger partial charge is 0.326 e. The molecule has 11 nitrogen and oxygen atoms in total. The predicted octanol–water partition coefficient (Wildman–Crippen LogP) is 3.27. The number of aliphatic carboxylic acids is 1. The van der Waals surface area contributed by atoms with Gasteiger partial charge >= 0.3 is 5.97 Å². The molecule has 42 heavy (non-hydrogen) atoms. The third kappa shape index (κ3) is 9.12. The highest BCUT2D eigenvalue weighted by Gasteiger charge is 2.26. The van der Waals surface area contributed by atoms with Crippen LogP contribution in [0.4, 0.5) is 0 Å². The number of carbonyl (C=O) groups excluding carboxylic acids is 2. The number of aliphatic hydroxyl groups excluding tert-OH is 1. The molecule has 5 N–H and O–H groups in total. The lowest BCUT2D eigenvalue weighted by molar-refractivity contribution is -0.142. The molecule has 0 bridgehead atoms. The van der Waals surface area contributed by atoms with Crippen molar-refractivity contribution in [3.05, 3.63) is 65.0 Å². The number of aromatic nitrogens is 2. The number of ether oxygens (including phenoxy) is 1. The largest absolute Gasteiger partial charge is 0.480 e. The fourth-order valence-electron chi connectivity index (χ4n) is 5.08. The van der Waals surface area contributed by atoms with Crippen molar-refractivity contribution in [3.8, 4) is 6.07 Å². The molecule has 224 valence electrons. The van der Waals surface area contributed by atoms with Crippen molar-refractivity contribution >= 4 is 28.8 Å². The zero-order valence-electron chi connectivity index (χ0n) is 24.1. The van der Waals surface area contributed by atoms with E-state index in [4.69, 9.17) is 10.5 Å². The van der Waals surface area contributed by atoms with Crippen molar-refractivity contribution < 1.29 is 29.3 Å². The molecule has 0 fully saturated rings. The van der Waals surface area contributed by atoms with Crippen molar-refractivity contribution in [2.75, 3.05) is 6.61 Å². The van der Waals surface area contributed by atoms with Gasteiger partial charge in [0.2, 0.25) is 11.8 Å². The Morgan fingerprint density at radius 2 is 1.95 bits per heavy atom. The monoisotopic (exact) mass is 577 g/mol. The Balaban J connectivity index is 1.67. The number of amides is 2. The van der Waals surface area contributed by atoms with Gasteiger partial charge in [0.15, 0.2) is 0 Å². The minimum Gasteiger partial charge on any atom is -0.480 e. The van der Waals surface area contributed by atoms with Crippen LogP contribution in [0.5, 0.6) is 0 Å². The minimum absolute atomic E-state index is 0.0159. The van der Waals surface area contributed by atoms with Crippen molar-refractivity contribution in [2.45, 2.75) is 70.6 Å². The second-order valence-electron chi connectivity index (χ2n) is 10.6. The standard InChI is InChI=1S/C31H39N5O6/c1-20(15-28(39)35-24(31(40)41)11-12-27(33)38)14-26(37)29-23-16-22(17-32)18-34-30(23)36(2)25(29)10-6-7-13-42-19-21-8-4-3-5-9-21/h3-5,8-9,16,18,20,24,26,37H,6-7,10-15,19H2,1-2H3,(H2,33,38)(H,35,39)(H,40,41)/t20-,24-,26?/m0/s1. The zero-order chi connectivity index (χ0) is 30.6. The summed E-state index contributed by atoms with van der Waals surface area (Å²) < 4.78 is 7.75. The average molecular weight is 578 g/mol. The summed E-state index contributed by atoms with van der Waals surface area (Å²) in [6, 6.07) is 12.6. The molecule has 3 aromatic rings. The van der Waals surface area contributed by atoms with Crippen molar-refractivity contribution in [1.29, 1.82) is 5.26 Å². The van der Waals surface area contributed by atoms with Crippen LogP contribution in [-0.2, 0) is 39.2 Å². The summed E-state index contributed by atoms with van der Waals surface area (Å²) in [4.78, 5) is 39.6. The summed E-state index contributed by atoms with van der Waals surface area (Å²) >= 11 is 0. The molecule has 0 aliphatic rings. The van der Waals surface area contributed by atoms with E-state index in [1.807, 2.05) is 41.9 Å². The van der Waals surface area contributed by atoms with E-state index in [2.05, 4.69) is 16.4 Å². The lowest BCUT2D eigenvalue weighted by Gasteiger charge is -2.19. The van der Waals surface area contributed by atoms with Gasteiger partial charge in [-0.25, -0.2) is 9.78 Å². The summed E-state index contributed by atoms with van der Waals surface area (Å²) in [6.45, 7) is 2.94. The van der Waals surface area contributed by atoms with Gasteiger partial charge in [-0.3, -0.25) is 9.59 Å². The SMILES string of the molecule is C[C@H](CC(=O)N[C@@H](CCC(N)=O)C(=O)O)CC(O)c1c(CCCCOCc2ccccc2)n(C)c2ncc(C#N)cc12. The number of carboxylic acids is 1. The van der Waals surface area contributed by atoms with Gasteiger partial charge < -0.3 is 30.6 Å². The van der Waals surface area contributed by atoms with Gasteiger partial charge in [0.25, 0.3) is 0 Å². The van der Waals surface area contributed by atoms with Gasteiger partial charge in [-0.2, -0.15) is 5.26 Å². The highest BCUT2D eigenvalue weighted by molar-refractivity contribution is 5.85. The summed E-state index contributed by atoms with van der Waals surface area (Å²) in [5, 5.41) is 33.4. The maximum absolute atomic E-state index is 12.6. The van der Waals surface area contributed by atoms with Crippen molar-refractivity contribution in [2.24, 2.45) is 18.7 Å². The molecule has 0 saturated carbocycles. The summed E-state index contributed by atoms with van der Waals surface area (Å²) in [5.74, 6) is -2.68. The number of nitrogens with two attached hydrogens (primary N) is 1. The number of rotatable bonds is 17. The van der Waals surface area contributed by atoms with Crippen LogP contribution in [0.1, 0.15) is 73.9 Å². The minimum atomic E-state index is -1.25. The van der Waals surface area contributed by atoms with Crippen LogP contribution < -0.4 is 11.1 Å². The Bertz CT molecular complexity index is 1410. The maximum atomic E-state index is 12.6. The molecular weight excluding hydrogens is 538 g/mol. The molecule has 2 heterocycles. The van der Waals surface area contributed by atoms with E-state index in [9.17, 15) is 29.9 Å². The van der Waals surface area contributed by atoms with E-state index >= 15 is 0 Å². The van der Waals surface area contributed by atoms with Crippen LogP contribution in [-0.4, -0.2) is 50.2 Å². The Kier molecular flexibility index (Phi) is 12.0. The maximum Gasteiger partial charge on any atom is 0.326 e. The van der Waals surface area contributed by atoms with Crippen LogP contribution in [0.2, 0.25) is 0 Å². The number of nitrogens with one attached hydrogen (secondary N) is 1. The first-order valence-corrected chi connectivity index (χ1v) is 14.1. The highest BCUT2D eigenvalue weighted by atomic mass is 16.5. The first kappa shape index (κ1) is 32.2. The van der Waals surface area contributed by atoms with Crippen LogP contribution >= 0.6 is 0 Å². The lowest BCUT2D eigenvalue weighted by Crippen LogP contribution is -2.41. The molecule has 0 saturated heterocycles. The van der Waals surface area contributed by atoms with Crippen LogP contribution in [0.15, 0.2) is 42.6 Å². The summed E-state index contributed by atoms with van der Waals surface area (Å²) in [6.07, 6.45) is 2.80. The number of carbonyl (C=O) groups is 3. The normalized spacial score (nSPS) is 13.3. The number of aryl methyl sites for hydroxylation is 1. The number of pyridine rings is 1. The molecule has 2 aromatic heterocycles. The predicted molar refractivity (Wildman–Crippen MR) is 156 cm³/mol. The number of fused-ring (bicyclic) bond motifs is 1. The van der Waals surface area contributed by atoms with Gasteiger partial charge in [0.1, 0.15) is 17.8 Å². The van der Waals surface area contributed by atoms with Crippen LogP contribution in [0.25, 0.3) is 11.0 Å². The topological polar surface area (TPSA) is 181 Å². The van der Waals surface area contributed by atoms with Gasteiger partial charge in [-0.05, 0) is 49.7 Å². The van der Waals surface area contributed by atoms with E-state index in [0.29, 0.717) is 41.8 Å². The highest BCUT2D eigenvalue weighted by Crippen LogP contribution is 2.34. The molecule has 3 rings (SSSR count). The van der Waals surface area contributed by atoms with E-state index in [1.54, 1.807) is 13.0 Å². The number of unbranched alkanes of at least 4 members (excludes halogenated alkanes) is 1. The number of hydrogen-bond donors (Lipinski definition) is 4. The van der Waals surface area contributed by atoms with E-state index < -0.39 is 29.9 Å². The second-order valence-corrected chi connectivity index (χ2v) is 10.6. The molecule has 11 heteroatoms. The molecule has 0 aliphatic carbocycles. The quantitative estimate of drug-likeness (QED) is 0.176. The zero-order valence-corrected chi connectivity index (χ0v) is 24.1. The fraction of sp³-hybridized carbons (Fsp3) is 0.452. The number of benzene rings is 1. The number of carboxylic acid groups (broad SMARTS) is 1. The number of aliphatic hydroxyl groups is 1. The Labute approximate surface area is 245 Å². The average Bonchev–Trinajstić information content (AvgIpc) is 3.23. The van der Waals surface area contributed by atoms with Crippen LogP contribution in [0.3, 0.4) is 0 Å². The number of primary amides is 1. The van der Waals surface area contributed by atoms with Gasteiger partial charge in [0.05, 0.1) is 18.3 Å². The molecule has 0 spiro atoms. The number of hydrogen-bond acceptors (Lipinski definition) is 7. The van der Waals surface area contributed by atoms with Crippen molar-refractivity contribution in [3.63, 3.8) is 0 Å². The molecule has 1 unspecified atom stereocenters. The first-order chi connectivity index (χ1) is 20.1. The Hall–Kier alpha value is -4.27. The van der Waals surface area contributed by atoms with Gasteiger partial charge in [-0.1, -0.05) is 37.3 Å². The van der Waals surface area contributed by atoms with Crippen LogP contribution in [0, 0.1) is 17.2 Å². The molecule has 0 aliphatic heterocycles. The van der Waals surface area contributed by atoms with E-state index in [-0.39, 0.29) is 31.6 Å². The Morgan fingerprint density at radius 3 is 2.62 bits per heavy atom. The molecule has 3 atom stereocenters. The Morgan fingerprint density at radius 1 is 1.21 bits per heavy atom. The van der Waals surface area contributed by atoms with E-state index in [1.165, 1.54) is 6.20 Å². The second kappa shape index (κ2) is 15.7. The number of nitriles is 1.